The van der Waals surface area contributed by atoms with Crippen LogP contribution in [-0.2, 0) is 11.3 Å². The van der Waals surface area contributed by atoms with Crippen molar-refractivity contribution in [2.45, 2.75) is 19.6 Å². The second-order valence-corrected chi connectivity index (χ2v) is 9.31. The van der Waals surface area contributed by atoms with Gasteiger partial charge in [0.25, 0.3) is 5.91 Å². The molecule has 1 aliphatic rings. The van der Waals surface area contributed by atoms with E-state index in [4.69, 9.17) is 49.1 Å². The van der Waals surface area contributed by atoms with Gasteiger partial charge in [0.1, 0.15) is 5.76 Å². The first-order valence-electron chi connectivity index (χ1n) is 10.9. The van der Waals surface area contributed by atoms with Gasteiger partial charge in [0.05, 0.1) is 35.7 Å². The van der Waals surface area contributed by atoms with Gasteiger partial charge in [0, 0.05) is 16.2 Å². The number of hydrogen-bond donors (Lipinski definition) is 1. The summed E-state index contributed by atoms with van der Waals surface area (Å²) < 4.78 is 13.0. The molecule has 2 aromatic heterocycles. The number of hydrogen-bond acceptors (Lipinski definition) is 4. The Balaban J connectivity index is 1.61. The highest BCUT2D eigenvalue weighted by molar-refractivity contribution is 6.35. The van der Waals surface area contributed by atoms with E-state index in [9.17, 15) is 4.79 Å². The third-order valence-corrected chi connectivity index (χ3v) is 6.44. The fourth-order valence-corrected chi connectivity index (χ4v) is 4.68. The van der Waals surface area contributed by atoms with Crippen LogP contribution in [0.5, 0.6) is 0 Å². The number of furan rings is 1. The highest BCUT2D eigenvalue weighted by atomic mass is 35.5. The molecule has 0 saturated carbocycles. The Morgan fingerprint density at radius 1 is 1.09 bits per heavy atom. The quantitative estimate of drug-likeness (QED) is 0.303. The lowest BCUT2D eigenvalue weighted by Gasteiger charge is -2.19. The van der Waals surface area contributed by atoms with Crippen molar-refractivity contribution in [1.29, 1.82) is 0 Å². The Morgan fingerprint density at radius 2 is 1.89 bits per heavy atom. The number of benzene rings is 2. The van der Waals surface area contributed by atoms with E-state index in [0.717, 1.165) is 11.1 Å². The molecule has 0 aliphatic carbocycles. The van der Waals surface area contributed by atoms with Gasteiger partial charge in [-0.05, 0) is 60.5 Å². The van der Waals surface area contributed by atoms with Gasteiger partial charge < -0.3 is 14.5 Å². The number of rotatable bonds is 5. The smallest absolute Gasteiger partial charge is 0.272 e. The monoisotopic (exact) mass is 527 g/mol. The summed E-state index contributed by atoms with van der Waals surface area (Å²) in [6.45, 7) is 2.44. The molecule has 0 bridgehead atoms. The average molecular weight is 529 g/mol. The summed E-state index contributed by atoms with van der Waals surface area (Å²) in [6.07, 6.45) is 1.82. The Hall–Kier alpha value is -3.03. The molecule has 1 N–H and O–H groups in total. The maximum absolute atomic E-state index is 13.4. The molecule has 35 heavy (non-hydrogen) atoms. The van der Waals surface area contributed by atoms with Crippen LogP contribution in [0, 0.1) is 0 Å². The van der Waals surface area contributed by atoms with Crippen LogP contribution in [-0.4, -0.2) is 22.3 Å². The van der Waals surface area contributed by atoms with E-state index in [1.807, 2.05) is 43.3 Å². The number of carbonyl (C=O) groups is 1. The topological polar surface area (TPSA) is 69.3 Å². The van der Waals surface area contributed by atoms with E-state index in [1.165, 1.54) is 0 Å². The molecule has 0 spiro atoms. The van der Waals surface area contributed by atoms with Crippen LogP contribution in [0.1, 0.15) is 46.0 Å². The van der Waals surface area contributed by atoms with Crippen LogP contribution in [0.3, 0.4) is 0 Å². The van der Waals surface area contributed by atoms with Crippen LogP contribution in [0.15, 0.2) is 65.1 Å². The maximum Gasteiger partial charge on any atom is 0.272 e. The largest absolute Gasteiger partial charge is 0.445 e. The molecule has 9 heteroatoms. The van der Waals surface area contributed by atoms with Crippen molar-refractivity contribution in [2.24, 2.45) is 0 Å². The van der Waals surface area contributed by atoms with Crippen LogP contribution >= 0.6 is 34.8 Å². The van der Waals surface area contributed by atoms with Gasteiger partial charge >= 0.3 is 0 Å². The van der Waals surface area contributed by atoms with Crippen molar-refractivity contribution in [2.75, 3.05) is 6.61 Å². The number of nitrogens with zero attached hydrogens (tertiary/aromatic N) is 2. The molecule has 0 fully saturated rings. The Bertz CT molecular complexity index is 1430. The van der Waals surface area contributed by atoms with Gasteiger partial charge in [0.2, 0.25) is 0 Å². The van der Waals surface area contributed by atoms with Crippen LogP contribution in [0.2, 0.25) is 15.3 Å². The van der Waals surface area contributed by atoms with Crippen molar-refractivity contribution in [3.63, 3.8) is 0 Å². The Morgan fingerprint density at radius 3 is 2.60 bits per heavy atom. The standard InChI is InChI=1S/C26H20Cl3N3O3/c1-15(16-5-3-2-4-6-16)30-26(33)24-20-14-34-13-17(11-19-8-10-23(29)35-19)25(20)32(31-24)22-9-7-18(27)12-21(22)28/h2-12,15H,13-14H2,1H3,(H,30,33)/b17-11+/t15-/m0/s1. The average Bonchev–Trinajstić information content (AvgIpc) is 3.43. The van der Waals surface area contributed by atoms with Crippen molar-refractivity contribution in [3.05, 3.63) is 104 Å². The summed E-state index contributed by atoms with van der Waals surface area (Å²) >= 11 is 18.6. The fraction of sp³-hybridized carbons (Fsp3) is 0.154. The summed E-state index contributed by atoms with van der Waals surface area (Å²) in [5.74, 6) is 0.243. The first-order valence-corrected chi connectivity index (χ1v) is 12.0. The lowest BCUT2D eigenvalue weighted by atomic mass is 10.0. The zero-order valence-corrected chi connectivity index (χ0v) is 20.9. The molecule has 5 rings (SSSR count). The Labute approximate surface area is 217 Å². The van der Waals surface area contributed by atoms with Gasteiger partial charge in [0.15, 0.2) is 10.9 Å². The van der Waals surface area contributed by atoms with Crippen LogP contribution < -0.4 is 5.32 Å². The highest BCUT2D eigenvalue weighted by Gasteiger charge is 2.30. The second-order valence-electron chi connectivity index (χ2n) is 8.09. The number of nitrogens with one attached hydrogen (secondary N) is 1. The molecule has 3 heterocycles. The molecule has 1 amide bonds. The van der Waals surface area contributed by atoms with Gasteiger partial charge in [-0.2, -0.15) is 5.10 Å². The molecule has 1 aliphatic heterocycles. The molecule has 178 valence electrons. The van der Waals surface area contributed by atoms with Crippen molar-refractivity contribution in [3.8, 4) is 5.69 Å². The number of carbonyl (C=O) groups excluding carboxylic acids is 1. The van der Waals surface area contributed by atoms with Crippen LogP contribution in [0.25, 0.3) is 17.3 Å². The predicted molar refractivity (Wildman–Crippen MR) is 137 cm³/mol. The second kappa shape index (κ2) is 9.91. The number of halogens is 3. The lowest BCUT2D eigenvalue weighted by molar-refractivity contribution is 0.0926. The van der Waals surface area contributed by atoms with E-state index in [0.29, 0.717) is 39.4 Å². The molecule has 0 saturated heterocycles. The molecule has 1 atom stereocenters. The van der Waals surface area contributed by atoms with Crippen molar-refractivity contribution < 1.29 is 13.9 Å². The first-order chi connectivity index (χ1) is 16.9. The minimum absolute atomic E-state index is 0.214. The van der Waals surface area contributed by atoms with E-state index in [1.54, 1.807) is 35.0 Å². The molecular weight excluding hydrogens is 509 g/mol. The number of amides is 1. The normalized spacial score (nSPS) is 15.1. The zero-order valence-electron chi connectivity index (χ0n) is 18.6. The lowest BCUT2D eigenvalue weighted by Crippen LogP contribution is -2.28. The number of fused-ring (bicyclic) bond motifs is 1. The predicted octanol–water partition coefficient (Wildman–Crippen LogP) is 6.99. The molecule has 6 nitrogen and oxygen atoms in total. The minimum atomic E-state index is -0.313. The van der Waals surface area contributed by atoms with Gasteiger partial charge in [-0.3, -0.25) is 4.79 Å². The highest BCUT2D eigenvalue weighted by Crippen LogP contribution is 2.35. The van der Waals surface area contributed by atoms with Crippen molar-refractivity contribution in [1.82, 2.24) is 15.1 Å². The third-order valence-electron chi connectivity index (χ3n) is 5.70. The van der Waals surface area contributed by atoms with Gasteiger partial charge in [-0.1, -0.05) is 53.5 Å². The van der Waals surface area contributed by atoms with Crippen LogP contribution in [0.4, 0.5) is 0 Å². The number of aromatic nitrogens is 2. The van der Waals surface area contributed by atoms with E-state index in [-0.39, 0.29) is 29.5 Å². The SMILES string of the molecule is C[C@H](NC(=O)c1nn(-c2ccc(Cl)cc2Cl)c2c1COC/C2=C\c1ccc(Cl)o1)c1ccccc1. The zero-order chi connectivity index (χ0) is 24.5. The summed E-state index contributed by atoms with van der Waals surface area (Å²) in [5, 5.41) is 8.91. The molecule has 0 unspecified atom stereocenters. The fourth-order valence-electron chi connectivity index (χ4n) is 4.04. The summed E-state index contributed by atoms with van der Waals surface area (Å²) in [4.78, 5) is 13.4. The molecular formula is C26H20Cl3N3O3. The van der Waals surface area contributed by atoms with Crippen molar-refractivity contribution >= 4 is 52.4 Å². The molecule has 0 radical (unpaired) electrons. The van der Waals surface area contributed by atoms with E-state index in [2.05, 4.69) is 5.32 Å². The Kier molecular flexibility index (Phi) is 6.71. The van der Waals surface area contributed by atoms with E-state index < -0.39 is 0 Å². The van der Waals surface area contributed by atoms with E-state index >= 15 is 0 Å². The molecule has 4 aromatic rings. The summed E-state index contributed by atoms with van der Waals surface area (Å²) in [5.41, 5.74) is 3.98. The minimum Gasteiger partial charge on any atom is -0.445 e. The van der Waals surface area contributed by atoms with Gasteiger partial charge in [-0.25, -0.2) is 4.68 Å². The summed E-state index contributed by atoms with van der Waals surface area (Å²) in [7, 11) is 0. The maximum atomic E-state index is 13.4. The summed E-state index contributed by atoms with van der Waals surface area (Å²) in [6, 6.07) is 18.1. The third kappa shape index (κ3) is 4.88. The first kappa shape index (κ1) is 23.7. The van der Waals surface area contributed by atoms with Gasteiger partial charge in [-0.15, -0.1) is 0 Å². The molecule has 2 aromatic carbocycles. The number of ether oxygens (including phenoxy) is 1.